The van der Waals surface area contributed by atoms with Gasteiger partial charge in [-0.25, -0.2) is 0 Å². The van der Waals surface area contributed by atoms with E-state index in [1.807, 2.05) is 0 Å². The summed E-state index contributed by atoms with van der Waals surface area (Å²) in [7, 11) is 0. The van der Waals surface area contributed by atoms with Crippen LogP contribution in [0.3, 0.4) is 0 Å². The summed E-state index contributed by atoms with van der Waals surface area (Å²) in [5.41, 5.74) is 0. The molecule has 75 heavy (non-hydrogen) atoms. The van der Waals surface area contributed by atoms with Crippen LogP contribution in [0.1, 0.15) is 367 Å². The molecule has 2 atom stereocenters. The summed E-state index contributed by atoms with van der Waals surface area (Å²) >= 11 is 0. The summed E-state index contributed by atoms with van der Waals surface area (Å²) in [6.07, 6.45) is 82.0. The van der Waals surface area contributed by atoms with Crippen molar-refractivity contribution in [1.82, 2.24) is 5.32 Å². The molecule has 442 valence electrons. The Kier molecular flexibility index (Phi) is 63.0. The number of ether oxygens (including phenoxy) is 1. The second-order valence-electron chi connectivity index (χ2n) is 23.1. The maximum Gasteiger partial charge on any atom is 0.305 e. The highest BCUT2D eigenvalue weighted by Crippen LogP contribution is 2.18. The van der Waals surface area contributed by atoms with Gasteiger partial charge in [0.2, 0.25) is 5.91 Å². The Bertz CT molecular complexity index is 1210. The molecule has 0 radical (unpaired) electrons. The third-order valence-electron chi connectivity index (χ3n) is 15.7. The summed E-state index contributed by atoms with van der Waals surface area (Å²) in [6.45, 7) is 4.94. The number of allylic oxidation sites excluding steroid dienone is 6. The Morgan fingerprint density at radius 1 is 0.373 bits per heavy atom. The molecule has 0 rings (SSSR count). The molecule has 0 saturated carbocycles. The van der Waals surface area contributed by atoms with E-state index in [4.69, 9.17) is 4.74 Å². The molecule has 0 heterocycles. The van der Waals surface area contributed by atoms with Crippen molar-refractivity contribution in [3.63, 3.8) is 0 Å². The lowest BCUT2D eigenvalue weighted by Gasteiger charge is -2.22. The number of esters is 1. The summed E-state index contributed by atoms with van der Waals surface area (Å²) in [4.78, 5) is 24.5. The monoisotopic (exact) mass is 1050 g/mol. The molecule has 0 bridgehead atoms. The van der Waals surface area contributed by atoms with Gasteiger partial charge in [-0.2, -0.15) is 0 Å². The van der Waals surface area contributed by atoms with Crippen molar-refractivity contribution in [2.45, 2.75) is 379 Å². The third kappa shape index (κ3) is 61.2. The maximum absolute atomic E-state index is 12.4. The topological polar surface area (TPSA) is 95.9 Å². The fourth-order valence-electron chi connectivity index (χ4n) is 10.5. The molecule has 6 nitrogen and oxygen atoms in total. The minimum Gasteiger partial charge on any atom is -0.466 e. The number of hydrogen-bond acceptors (Lipinski definition) is 5. The zero-order chi connectivity index (χ0) is 54.3. The fourth-order valence-corrected chi connectivity index (χ4v) is 10.5. The lowest BCUT2D eigenvalue weighted by molar-refractivity contribution is -0.143. The van der Waals surface area contributed by atoms with E-state index in [2.05, 4.69) is 55.6 Å². The van der Waals surface area contributed by atoms with Gasteiger partial charge in [0, 0.05) is 12.8 Å². The second-order valence-corrected chi connectivity index (χ2v) is 23.1. The average molecular weight is 1050 g/mol. The van der Waals surface area contributed by atoms with Gasteiger partial charge in [-0.15, -0.1) is 0 Å². The normalized spacial score (nSPS) is 12.7. The van der Waals surface area contributed by atoms with Crippen LogP contribution in [0.4, 0.5) is 0 Å². The molecule has 1 amide bonds. The standard InChI is InChI=1S/C69H131NO5/c1-3-5-7-9-11-13-14-15-16-37-40-43-47-51-55-59-63-69(74)75-64-60-56-52-48-44-41-38-35-33-31-29-27-25-23-21-19-17-18-20-22-24-26-28-30-32-34-36-39-42-46-50-54-58-62-68(73)70-66(65-71)67(72)61-57-53-49-45-12-10-8-6-4-2/h16,21,23,27,29,37,66-67,71-72H,3-15,17-20,22,24-26,28,30-36,38-65H2,1-2H3,(H,70,73)/b23-21-,29-27-,37-16-. The number of carbonyl (C=O) groups excluding carboxylic acids is 2. The van der Waals surface area contributed by atoms with Gasteiger partial charge in [0.25, 0.3) is 0 Å². The Hall–Kier alpha value is -1.92. The molecule has 0 aromatic carbocycles. The van der Waals surface area contributed by atoms with E-state index in [-0.39, 0.29) is 18.5 Å². The summed E-state index contributed by atoms with van der Waals surface area (Å²) < 4.78 is 5.49. The van der Waals surface area contributed by atoms with E-state index in [9.17, 15) is 19.8 Å². The third-order valence-corrected chi connectivity index (χ3v) is 15.7. The van der Waals surface area contributed by atoms with Crippen LogP contribution in [0.15, 0.2) is 36.5 Å². The first-order valence-electron chi connectivity index (χ1n) is 33.7. The van der Waals surface area contributed by atoms with Gasteiger partial charge in [0.15, 0.2) is 0 Å². The van der Waals surface area contributed by atoms with Crippen LogP contribution in [-0.2, 0) is 14.3 Å². The molecule has 0 aliphatic heterocycles. The van der Waals surface area contributed by atoms with Crippen LogP contribution in [0, 0.1) is 0 Å². The minimum atomic E-state index is -0.660. The van der Waals surface area contributed by atoms with E-state index in [0.717, 1.165) is 51.4 Å². The Labute approximate surface area is 468 Å². The first-order chi connectivity index (χ1) is 37.0. The molecule has 0 spiro atoms. The number of nitrogens with one attached hydrogen (secondary N) is 1. The number of aliphatic hydroxyl groups is 2. The zero-order valence-electron chi connectivity index (χ0n) is 50.5. The number of amides is 1. The predicted octanol–water partition coefficient (Wildman–Crippen LogP) is 21.5. The Morgan fingerprint density at radius 2 is 0.667 bits per heavy atom. The van der Waals surface area contributed by atoms with Gasteiger partial charge in [0.1, 0.15) is 0 Å². The highest BCUT2D eigenvalue weighted by atomic mass is 16.5. The number of carbonyl (C=O) groups is 2. The molecule has 0 saturated heterocycles. The second kappa shape index (κ2) is 64.6. The zero-order valence-corrected chi connectivity index (χ0v) is 50.5. The first kappa shape index (κ1) is 73.1. The molecule has 0 fully saturated rings. The first-order valence-corrected chi connectivity index (χ1v) is 33.7. The Balaban J connectivity index is 3.35. The number of rotatable bonds is 63. The molecular formula is C69H131NO5. The van der Waals surface area contributed by atoms with Crippen LogP contribution in [0.5, 0.6) is 0 Å². The van der Waals surface area contributed by atoms with Crippen molar-refractivity contribution in [1.29, 1.82) is 0 Å². The highest BCUT2D eigenvalue weighted by Gasteiger charge is 2.20. The summed E-state index contributed by atoms with van der Waals surface area (Å²) in [5.74, 6) is -0.0276. The van der Waals surface area contributed by atoms with Crippen LogP contribution in [0.25, 0.3) is 0 Å². The van der Waals surface area contributed by atoms with Gasteiger partial charge in [0.05, 0.1) is 25.4 Å². The predicted molar refractivity (Wildman–Crippen MR) is 329 cm³/mol. The van der Waals surface area contributed by atoms with E-state index >= 15 is 0 Å². The lowest BCUT2D eigenvalue weighted by Crippen LogP contribution is -2.45. The van der Waals surface area contributed by atoms with E-state index < -0.39 is 12.1 Å². The Morgan fingerprint density at radius 3 is 1.03 bits per heavy atom. The fraction of sp³-hybridized carbons (Fsp3) is 0.884. The van der Waals surface area contributed by atoms with Crippen LogP contribution < -0.4 is 5.32 Å². The van der Waals surface area contributed by atoms with Crippen molar-refractivity contribution >= 4 is 11.9 Å². The summed E-state index contributed by atoms with van der Waals surface area (Å²) in [6, 6.07) is -0.538. The lowest BCUT2D eigenvalue weighted by atomic mass is 10.0. The molecule has 0 aromatic heterocycles. The SMILES string of the molecule is CCCCCCCCC/C=C\CCCCCCCC(=O)OCCCCCCCCCCC/C=C\C/C=C\CCCCCCCCCCCCCCCCCCCC(=O)NC(CO)C(O)CCCCCCCCCCC. The van der Waals surface area contributed by atoms with E-state index in [1.54, 1.807) is 0 Å². The molecule has 6 heteroatoms. The van der Waals surface area contributed by atoms with Crippen LogP contribution >= 0.6 is 0 Å². The van der Waals surface area contributed by atoms with Crippen LogP contribution in [-0.4, -0.2) is 47.4 Å². The van der Waals surface area contributed by atoms with Crippen molar-refractivity contribution in [3.05, 3.63) is 36.5 Å². The van der Waals surface area contributed by atoms with Crippen molar-refractivity contribution in [3.8, 4) is 0 Å². The highest BCUT2D eigenvalue weighted by molar-refractivity contribution is 5.76. The van der Waals surface area contributed by atoms with Gasteiger partial charge in [-0.05, 0) is 83.5 Å². The van der Waals surface area contributed by atoms with E-state index in [1.165, 1.54) is 283 Å². The van der Waals surface area contributed by atoms with Crippen LogP contribution in [0.2, 0.25) is 0 Å². The van der Waals surface area contributed by atoms with Gasteiger partial charge >= 0.3 is 5.97 Å². The van der Waals surface area contributed by atoms with Gasteiger partial charge < -0.3 is 20.3 Å². The molecule has 0 aliphatic rings. The largest absolute Gasteiger partial charge is 0.466 e. The maximum atomic E-state index is 12.4. The number of hydrogen-bond donors (Lipinski definition) is 3. The molecular weight excluding hydrogens is 923 g/mol. The van der Waals surface area contributed by atoms with Crippen molar-refractivity contribution < 1.29 is 24.5 Å². The quantitative estimate of drug-likeness (QED) is 0.0320. The van der Waals surface area contributed by atoms with E-state index in [0.29, 0.717) is 25.9 Å². The molecule has 0 aliphatic carbocycles. The number of unbranched alkanes of at least 4 members (excludes halogenated alkanes) is 46. The van der Waals surface area contributed by atoms with Crippen molar-refractivity contribution in [2.24, 2.45) is 0 Å². The minimum absolute atomic E-state index is 0.00691. The molecule has 2 unspecified atom stereocenters. The number of aliphatic hydroxyl groups excluding tert-OH is 2. The van der Waals surface area contributed by atoms with Gasteiger partial charge in [-0.1, -0.05) is 307 Å². The smallest absolute Gasteiger partial charge is 0.305 e. The van der Waals surface area contributed by atoms with Gasteiger partial charge in [-0.3, -0.25) is 9.59 Å². The summed E-state index contributed by atoms with van der Waals surface area (Å²) in [5, 5.41) is 23.1. The van der Waals surface area contributed by atoms with Crippen molar-refractivity contribution in [2.75, 3.05) is 13.2 Å². The molecule has 0 aromatic rings. The molecule has 3 N–H and O–H groups in total. The average Bonchev–Trinajstić information content (AvgIpc) is 3.41.